The number of carbonyl (C=O) groups is 2. The van der Waals surface area contributed by atoms with Crippen LogP contribution in [0.4, 0.5) is 0 Å². The fourth-order valence-electron chi connectivity index (χ4n) is 0.893. The zero-order valence-corrected chi connectivity index (χ0v) is 9.08. The smallest absolute Gasteiger partial charge is 0.305 e. The molecule has 3 nitrogen and oxygen atoms in total. The molecule has 0 spiro atoms. The maximum atomic E-state index is 10.7. The largest absolute Gasteiger partial charge is 0.469 e. The Balaban J connectivity index is 3.64. The van der Waals surface area contributed by atoms with E-state index in [4.69, 9.17) is 0 Å². The molecule has 0 radical (unpaired) electrons. The summed E-state index contributed by atoms with van der Waals surface area (Å²) in [5, 5.41) is 0. The summed E-state index contributed by atoms with van der Waals surface area (Å²) in [6.07, 6.45) is 6.69. The number of aldehydes is 1. The molecule has 0 aliphatic carbocycles. The van der Waals surface area contributed by atoms with E-state index in [9.17, 15) is 9.59 Å². The van der Waals surface area contributed by atoms with Crippen LogP contribution >= 0.6 is 0 Å². The van der Waals surface area contributed by atoms with E-state index < -0.39 is 5.41 Å². The van der Waals surface area contributed by atoms with Gasteiger partial charge in [0.25, 0.3) is 0 Å². The van der Waals surface area contributed by atoms with Crippen molar-refractivity contribution in [3.8, 4) is 0 Å². The third kappa shape index (κ3) is 6.40. The van der Waals surface area contributed by atoms with Gasteiger partial charge in [-0.15, -0.1) is 0 Å². The second-order valence-electron chi connectivity index (χ2n) is 3.81. The van der Waals surface area contributed by atoms with Crippen molar-refractivity contribution in [3.63, 3.8) is 0 Å². The van der Waals surface area contributed by atoms with E-state index in [0.29, 0.717) is 6.42 Å². The summed E-state index contributed by atoms with van der Waals surface area (Å²) in [7, 11) is 1.38. The Kier molecular flexibility index (Phi) is 5.84. The number of hydrogen-bond acceptors (Lipinski definition) is 3. The Morgan fingerprint density at radius 1 is 1.43 bits per heavy atom. The van der Waals surface area contributed by atoms with Gasteiger partial charge in [0.05, 0.1) is 7.11 Å². The standard InChI is InChI=1S/C11H18O3/c1-11(2,9-12)8-6-4-5-7-10(13)14-3/h6,8-9H,4-5,7H2,1-3H3/b8-6+. The molecule has 0 unspecified atom stereocenters. The number of allylic oxidation sites excluding steroid dienone is 2. The Morgan fingerprint density at radius 2 is 2.07 bits per heavy atom. The van der Waals surface area contributed by atoms with Gasteiger partial charge in [0, 0.05) is 11.8 Å². The van der Waals surface area contributed by atoms with Crippen LogP contribution in [-0.2, 0) is 14.3 Å². The summed E-state index contributed by atoms with van der Waals surface area (Å²) in [6.45, 7) is 3.69. The molecule has 0 aliphatic heterocycles. The van der Waals surface area contributed by atoms with Crippen LogP contribution in [0.25, 0.3) is 0 Å². The highest BCUT2D eigenvalue weighted by Crippen LogP contribution is 2.13. The lowest BCUT2D eigenvalue weighted by Gasteiger charge is -2.08. The lowest BCUT2D eigenvalue weighted by molar-refractivity contribution is -0.140. The minimum Gasteiger partial charge on any atom is -0.469 e. The van der Waals surface area contributed by atoms with Gasteiger partial charge in [0.2, 0.25) is 0 Å². The Hall–Kier alpha value is -1.12. The van der Waals surface area contributed by atoms with Gasteiger partial charge < -0.3 is 9.53 Å². The molecule has 0 fully saturated rings. The van der Waals surface area contributed by atoms with Crippen LogP contribution in [0.1, 0.15) is 33.1 Å². The van der Waals surface area contributed by atoms with Crippen LogP contribution in [0.5, 0.6) is 0 Å². The van der Waals surface area contributed by atoms with Crippen molar-refractivity contribution >= 4 is 12.3 Å². The summed E-state index contributed by atoms with van der Waals surface area (Å²) in [5.74, 6) is -0.187. The lowest BCUT2D eigenvalue weighted by atomic mass is 9.95. The minimum atomic E-state index is -0.398. The first kappa shape index (κ1) is 12.9. The van der Waals surface area contributed by atoms with E-state index in [1.54, 1.807) is 0 Å². The molecule has 0 saturated heterocycles. The Labute approximate surface area is 85.1 Å². The highest BCUT2D eigenvalue weighted by Gasteiger charge is 2.10. The molecule has 0 heterocycles. The van der Waals surface area contributed by atoms with E-state index in [2.05, 4.69) is 4.74 Å². The molecule has 0 bridgehead atoms. The second kappa shape index (κ2) is 6.35. The van der Waals surface area contributed by atoms with Gasteiger partial charge in [-0.25, -0.2) is 0 Å². The van der Waals surface area contributed by atoms with Crippen LogP contribution in [0, 0.1) is 5.41 Å². The van der Waals surface area contributed by atoms with Crippen molar-refractivity contribution < 1.29 is 14.3 Å². The van der Waals surface area contributed by atoms with Gasteiger partial charge in [0.15, 0.2) is 0 Å². The van der Waals surface area contributed by atoms with Gasteiger partial charge in [-0.3, -0.25) is 4.79 Å². The number of methoxy groups -OCH3 is 1. The fraction of sp³-hybridized carbons (Fsp3) is 0.636. The summed E-state index contributed by atoms with van der Waals surface area (Å²) in [6, 6.07) is 0. The minimum absolute atomic E-state index is 0.187. The maximum absolute atomic E-state index is 10.7. The topological polar surface area (TPSA) is 43.4 Å². The van der Waals surface area contributed by atoms with Crippen LogP contribution in [-0.4, -0.2) is 19.4 Å². The summed E-state index contributed by atoms with van der Waals surface area (Å²) in [4.78, 5) is 21.2. The summed E-state index contributed by atoms with van der Waals surface area (Å²) < 4.78 is 4.50. The number of esters is 1. The SMILES string of the molecule is COC(=O)CCC/C=C/C(C)(C)C=O. The first-order chi connectivity index (χ1) is 6.52. The molecule has 0 rings (SSSR count). The third-order valence-corrected chi connectivity index (χ3v) is 1.83. The number of unbranched alkanes of at least 4 members (excludes halogenated alkanes) is 1. The zero-order valence-electron chi connectivity index (χ0n) is 9.08. The van der Waals surface area contributed by atoms with Gasteiger partial charge in [-0.2, -0.15) is 0 Å². The Morgan fingerprint density at radius 3 is 2.57 bits per heavy atom. The predicted octanol–water partition coefficient (Wildman–Crippen LogP) is 2.11. The summed E-state index contributed by atoms with van der Waals surface area (Å²) in [5.41, 5.74) is -0.398. The third-order valence-electron chi connectivity index (χ3n) is 1.83. The molecule has 80 valence electrons. The first-order valence-electron chi connectivity index (χ1n) is 4.72. The van der Waals surface area contributed by atoms with Crippen LogP contribution in [0.2, 0.25) is 0 Å². The predicted molar refractivity (Wildman–Crippen MR) is 54.9 cm³/mol. The van der Waals surface area contributed by atoms with Crippen LogP contribution < -0.4 is 0 Å². The highest BCUT2D eigenvalue weighted by molar-refractivity contribution is 5.69. The van der Waals surface area contributed by atoms with Crippen molar-refractivity contribution in [1.29, 1.82) is 0 Å². The molecule has 3 heteroatoms. The molecule has 0 aromatic rings. The maximum Gasteiger partial charge on any atom is 0.305 e. The normalized spacial score (nSPS) is 11.6. The summed E-state index contributed by atoms with van der Waals surface area (Å²) >= 11 is 0. The van der Waals surface area contributed by atoms with Crippen LogP contribution in [0.3, 0.4) is 0 Å². The second-order valence-corrected chi connectivity index (χ2v) is 3.81. The number of ether oxygens (including phenoxy) is 1. The van der Waals surface area contributed by atoms with Gasteiger partial charge in [-0.05, 0) is 26.7 Å². The monoisotopic (exact) mass is 198 g/mol. The average Bonchev–Trinajstić information content (AvgIpc) is 2.17. The van der Waals surface area contributed by atoms with E-state index in [1.165, 1.54) is 7.11 Å². The van der Waals surface area contributed by atoms with E-state index in [0.717, 1.165) is 19.1 Å². The number of hydrogen-bond donors (Lipinski definition) is 0. The lowest BCUT2D eigenvalue weighted by Crippen LogP contribution is -2.07. The van der Waals surface area contributed by atoms with Crippen molar-refractivity contribution in [2.24, 2.45) is 5.41 Å². The molecule has 0 amide bonds. The van der Waals surface area contributed by atoms with Crippen molar-refractivity contribution in [1.82, 2.24) is 0 Å². The quantitative estimate of drug-likeness (QED) is 0.284. The van der Waals surface area contributed by atoms with Gasteiger partial charge in [0.1, 0.15) is 6.29 Å². The van der Waals surface area contributed by atoms with Crippen LogP contribution in [0.15, 0.2) is 12.2 Å². The molecule has 0 aromatic carbocycles. The van der Waals surface area contributed by atoms with Crippen molar-refractivity contribution in [2.45, 2.75) is 33.1 Å². The first-order valence-corrected chi connectivity index (χ1v) is 4.72. The van der Waals surface area contributed by atoms with Crippen molar-refractivity contribution in [2.75, 3.05) is 7.11 Å². The fourth-order valence-corrected chi connectivity index (χ4v) is 0.893. The Bertz CT molecular complexity index is 217. The molecule has 0 N–H and O–H groups in total. The van der Waals surface area contributed by atoms with E-state index >= 15 is 0 Å². The average molecular weight is 198 g/mol. The molecule has 0 aromatic heterocycles. The molecular weight excluding hydrogens is 180 g/mol. The van der Waals surface area contributed by atoms with Gasteiger partial charge >= 0.3 is 5.97 Å². The van der Waals surface area contributed by atoms with Crippen molar-refractivity contribution in [3.05, 3.63) is 12.2 Å². The van der Waals surface area contributed by atoms with E-state index in [-0.39, 0.29) is 5.97 Å². The number of carbonyl (C=O) groups excluding carboxylic acids is 2. The molecule has 14 heavy (non-hydrogen) atoms. The number of rotatable bonds is 6. The zero-order chi connectivity index (χ0) is 11.0. The highest BCUT2D eigenvalue weighted by atomic mass is 16.5. The van der Waals surface area contributed by atoms with E-state index in [1.807, 2.05) is 26.0 Å². The molecule has 0 saturated carbocycles. The molecule has 0 atom stereocenters. The molecule has 0 aliphatic rings. The van der Waals surface area contributed by atoms with Gasteiger partial charge in [-0.1, -0.05) is 12.2 Å². The molecular formula is C11H18O3.